The fourth-order valence-electron chi connectivity index (χ4n) is 5.02. The van der Waals surface area contributed by atoms with Crippen LogP contribution in [0.3, 0.4) is 0 Å². The number of H-pyrrole nitrogens is 1. The Morgan fingerprint density at radius 1 is 1.24 bits per heavy atom. The number of hydrogen-bond donors (Lipinski definition) is 3. The number of imidazole rings is 1. The molecule has 0 spiro atoms. The molecule has 0 radical (unpaired) electrons. The minimum Gasteiger partial charge on any atom is -0.382 e. The van der Waals surface area contributed by atoms with E-state index in [0.29, 0.717) is 11.7 Å². The lowest BCUT2D eigenvalue weighted by molar-refractivity contribution is -0.127. The first kappa shape index (κ1) is 20.0. The number of carbonyl (C=O) groups is 1. The molecule has 0 saturated heterocycles. The van der Waals surface area contributed by atoms with E-state index in [2.05, 4.69) is 44.0 Å². The summed E-state index contributed by atoms with van der Waals surface area (Å²) in [6.45, 7) is 0.763. The summed E-state index contributed by atoms with van der Waals surface area (Å²) in [5.41, 5.74) is 11.2. The van der Waals surface area contributed by atoms with Crippen molar-refractivity contribution in [1.82, 2.24) is 24.7 Å². The number of benzene rings is 1. The summed E-state index contributed by atoms with van der Waals surface area (Å²) >= 11 is 0. The normalized spacial score (nSPS) is 18.9. The lowest BCUT2D eigenvalue weighted by Crippen LogP contribution is -2.37. The molecule has 2 aliphatic rings. The van der Waals surface area contributed by atoms with E-state index in [9.17, 15) is 4.79 Å². The summed E-state index contributed by atoms with van der Waals surface area (Å²) in [5.74, 6) is 2.35. The molecule has 0 bridgehead atoms. The lowest BCUT2D eigenvalue weighted by Gasteiger charge is -2.26. The number of aromatic nitrogens is 4. The molecule has 1 fully saturated rings. The fourth-order valence-corrected chi connectivity index (χ4v) is 5.02. The molecule has 3 aromatic heterocycles. The molecule has 7 nitrogen and oxygen atoms in total. The van der Waals surface area contributed by atoms with Crippen LogP contribution in [-0.4, -0.2) is 31.8 Å². The SMILES string of the molecule is Nc1nccn2c(C3=CCC(CNC(=O)C4CCC4)CC3)nc(-c3cc4ccccc4[nH]3)c12. The van der Waals surface area contributed by atoms with E-state index in [1.54, 1.807) is 6.20 Å². The van der Waals surface area contributed by atoms with Gasteiger partial charge in [0.25, 0.3) is 0 Å². The van der Waals surface area contributed by atoms with Gasteiger partial charge in [0, 0.05) is 35.8 Å². The number of allylic oxidation sites excluding steroid dienone is 2. The molecule has 1 saturated carbocycles. The van der Waals surface area contributed by atoms with Crippen molar-refractivity contribution >= 4 is 33.7 Å². The first-order valence-electron chi connectivity index (χ1n) is 11.8. The molecular formula is C26H28N6O. The van der Waals surface area contributed by atoms with Crippen LogP contribution in [0.2, 0.25) is 0 Å². The minimum absolute atomic E-state index is 0.237. The first-order valence-corrected chi connectivity index (χ1v) is 11.8. The highest BCUT2D eigenvalue weighted by Crippen LogP contribution is 2.35. The number of nitrogens with one attached hydrogen (secondary N) is 2. The quantitative estimate of drug-likeness (QED) is 0.423. The molecule has 1 amide bonds. The Kier molecular flexibility index (Phi) is 4.89. The van der Waals surface area contributed by atoms with Crippen LogP contribution >= 0.6 is 0 Å². The lowest BCUT2D eigenvalue weighted by atomic mass is 9.84. The molecule has 1 aromatic carbocycles. The van der Waals surface area contributed by atoms with E-state index in [1.165, 1.54) is 12.0 Å². The second-order valence-electron chi connectivity index (χ2n) is 9.33. The van der Waals surface area contributed by atoms with Crippen LogP contribution < -0.4 is 11.1 Å². The molecule has 4 aromatic rings. The second kappa shape index (κ2) is 8.06. The molecule has 1 atom stereocenters. The van der Waals surface area contributed by atoms with Crippen molar-refractivity contribution in [2.75, 3.05) is 12.3 Å². The number of nitrogens with zero attached hydrogens (tertiary/aromatic N) is 3. The van der Waals surface area contributed by atoms with Gasteiger partial charge in [-0.05, 0) is 55.7 Å². The van der Waals surface area contributed by atoms with Crippen molar-refractivity contribution in [3.63, 3.8) is 0 Å². The Labute approximate surface area is 192 Å². The van der Waals surface area contributed by atoms with Crippen LogP contribution in [0.15, 0.2) is 48.8 Å². The number of amides is 1. The van der Waals surface area contributed by atoms with Gasteiger partial charge in [0.2, 0.25) is 5.91 Å². The Morgan fingerprint density at radius 3 is 2.88 bits per heavy atom. The number of nitrogens with two attached hydrogens (primary N) is 1. The van der Waals surface area contributed by atoms with Gasteiger partial charge in [0.1, 0.15) is 22.9 Å². The zero-order chi connectivity index (χ0) is 22.4. The van der Waals surface area contributed by atoms with Crippen molar-refractivity contribution in [3.8, 4) is 11.4 Å². The molecule has 4 N–H and O–H groups in total. The summed E-state index contributed by atoms with van der Waals surface area (Å²) in [6.07, 6.45) is 12.1. The van der Waals surface area contributed by atoms with E-state index in [1.807, 2.05) is 18.3 Å². The van der Waals surface area contributed by atoms with Gasteiger partial charge in [-0.1, -0.05) is 30.7 Å². The molecular weight excluding hydrogens is 412 g/mol. The molecule has 2 aliphatic carbocycles. The average molecular weight is 441 g/mol. The smallest absolute Gasteiger partial charge is 0.223 e. The summed E-state index contributed by atoms with van der Waals surface area (Å²) in [7, 11) is 0. The Hall–Kier alpha value is -3.61. The van der Waals surface area contributed by atoms with Gasteiger partial charge >= 0.3 is 0 Å². The van der Waals surface area contributed by atoms with Crippen LogP contribution in [0.4, 0.5) is 5.82 Å². The van der Waals surface area contributed by atoms with Crippen molar-refractivity contribution in [3.05, 3.63) is 54.6 Å². The predicted molar refractivity (Wildman–Crippen MR) is 130 cm³/mol. The maximum absolute atomic E-state index is 12.2. The number of hydrogen-bond acceptors (Lipinski definition) is 4. The van der Waals surface area contributed by atoms with E-state index in [-0.39, 0.29) is 11.8 Å². The highest BCUT2D eigenvalue weighted by Gasteiger charge is 2.27. The fraction of sp³-hybridized carbons (Fsp3) is 0.346. The van der Waals surface area contributed by atoms with Gasteiger partial charge in [-0.2, -0.15) is 0 Å². The third-order valence-corrected chi connectivity index (χ3v) is 7.22. The van der Waals surface area contributed by atoms with Gasteiger partial charge < -0.3 is 16.0 Å². The maximum atomic E-state index is 12.2. The number of fused-ring (bicyclic) bond motifs is 2. The molecule has 168 valence electrons. The molecule has 0 aliphatic heterocycles. The van der Waals surface area contributed by atoms with E-state index in [4.69, 9.17) is 10.7 Å². The van der Waals surface area contributed by atoms with Crippen LogP contribution in [0.1, 0.15) is 44.3 Å². The van der Waals surface area contributed by atoms with Gasteiger partial charge in [-0.15, -0.1) is 0 Å². The Balaban J connectivity index is 1.29. The number of nitrogen functional groups attached to an aromatic ring is 1. The van der Waals surface area contributed by atoms with Gasteiger partial charge in [-0.3, -0.25) is 9.20 Å². The Bertz CT molecular complexity index is 1340. The number of aromatic amines is 1. The molecule has 7 heteroatoms. The van der Waals surface area contributed by atoms with Crippen LogP contribution in [-0.2, 0) is 4.79 Å². The van der Waals surface area contributed by atoms with Gasteiger partial charge in [-0.25, -0.2) is 9.97 Å². The van der Waals surface area contributed by atoms with Crippen molar-refractivity contribution in [1.29, 1.82) is 0 Å². The summed E-state index contributed by atoms with van der Waals surface area (Å²) < 4.78 is 2.06. The third-order valence-electron chi connectivity index (χ3n) is 7.22. The standard InChI is InChI=1S/C26H28N6O/c27-24-23-22(21-14-19-4-1-2-7-20(19)30-21)31-25(32(23)13-12-28-24)17-10-8-16(9-11-17)15-29-26(33)18-5-3-6-18/h1-2,4,7,10,12-14,16,18,30H,3,5-6,8-9,11,15H2,(H2,27,28)(H,29,33). The topological polar surface area (TPSA) is 101 Å². The average Bonchev–Trinajstić information content (AvgIpc) is 3.39. The summed E-state index contributed by atoms with van der Waals surface area (Å²) in [4.78, 5) is 25.0. The third kappa shape index (κ3) is 3.57. The van der Waals surface area contributed by atoms with E-state index < -0.39 is 0 Å². The number of para-hydroxylation sites is 1. The van der Waals surface area contributed by atoms with Crippen LogP contribution in [0, 0.1) is 11.8 Å². The van der Waals surface area contributed by atoms with E-state index in [0.717, 1.165) is 72.3 Å². The van der Waals surface area contributed by atoms with Crippen LogP contribution in [0.25, 0.3) is 33.4 Å². The molecule has 6 rings (SSSR count). The molecule has 1 unspecified atom stereocenters. The summed E-state index contributed by atoms with van der Waals surface area (Å²) in [6, 6.07) is 10.3. The molecule has 3 heterocycles. The van der Waals surface area contributed by atoms with Crippen molar-refractivity contribution < 1.29 is 4.79 Å². The number of anilines is 1. The largest absolute Gasteiger partial charge is 0.382 e. The van der Waals surface area contributed by atoms with E-state index >= 15 is 0 Å². The van der Waals surface area contributed by atoms with Crippen LogP contribution in [0.5, 0.6) is 0 Å². The van der Waals surface area contributed by atoms with Gasteiger partial charge in [0.05, 0.1) is 5.69 Å². The zero-order valence-corrected chi connectivity index (χ0v) is 18.6. The Morgan fingerprint density at radius 2 is 2.12 bits per heavy atom. The van der Waals surface area contributed by atoms with Crippen molar-refractivity contribution in [2.45, 2.75) is 38.5 Å². The second-order valence-corrected chi connectivity index (χ2v) is 9.33. The number of rotatable bonds is 5. The van der Waals surface area contributed by atoms with Crippen molar-refractivity contribution in [2.24, 2.45) is 11.8 Å². The maximum Gasteiger partial charge on any atom is 0.223 e. The highest BCUT2D eigenvalue weighted by molar-refractivity contribution is 5.92. The monoisotopic (exact) mass is 440 g/mol. The molecule has 33 heavy (non-hydrogen) atoms. The number of carbonyl (C=O) groups excluding carboxylic acids is 1. The van der Waals surface area contributed by atoms with Gasteiger partial charge in [0.15, 0.2) is 0 Å². The summed E-state index contributed by atoms with van der Waals surface area (Å²) in [5, 5.41) is 4.31. The minimum atomic E-state index is 0.237. The zero-order valence-electron chi connectivity index (χ0n) is 18.6. The highest BCUT2D eigenvalue weighted by atomic mass is 16.1. The predicted octanol–water partition coefficient (Wildman–Crippen LogP) is 4.56. The first-order chi connectivity index (χ1) is 16.2.